The molecule has 0 bridgehead atoms. The summed E-state index contributed by atoms with van der Waals surface area (Å²) >= 11 is 3.24. The Morgan fingerprint density at radius 2 is 2.20 bits per heavy atom. The Balaban J connectivity index is 1.93. The van der Waals surface area contributed by atoms with E-state index in [2.05, 4.69) is 21.2 Å². The minimum absolute atomic E-state index is 0.0315. The number of amides is 1. The third kappa shape index (κ3) is 3.78. The Hall–Kier alpha value is -0.970. The van der Waals surface area contributed by atoms with E-state index in [0.717, 1.165) is 12.8 Å². The van der Waals surface area contributed by atoms with Crippen molar-refractivity contribution in [3.05, 3.63) is 34.1 Å². The molecular weight excluding hydrogens is 328 g/mol. The van der Waals surface area contributed by atoms with Crippen LogP contribution in [0.3, 0.4) is 0 Å². The molecule has 1 saturated carbocycles. The molecule has 20 heavy (non-hydrogen) atoms. The largest absolute Gasteiger partial charge is 0.353 e. The predicted octanol–water partition coefficient (Wildman–Crippen LogP) is 3.77. The van der Waals surface area contributed by atoms with E-state index >= 15 is 0 Å². The molecule has 2 nitrogen and oxygen atoms in total. The van der Waals surface area contributed by atoms with Gasteiger partial charge in [0.15, 0.2) is 0 Å². The number of alkyl halides is 1. The van der Waals surface area contributed by atoms with Crippen molar-refractivity contribution in [3.8, 4) is 0 Å². The lowest BCUT2D eigenvalue weighted by atomic mass is 9.85. The molecule has 0 aliphatic heterocycles. The van der Waals surface area contributed by atoms with Gasteiger partial charge in [-0.1, -0.05) is 28.9 Å². The van der Waals surface area contributed by atoms with Crippen LogP contribution in [0.15, 0.2) is 22.7 Å². The minimum atomic E-state index is -0.866. The molecular formula is C15H18BrF2NO. The first-order chi connectivity index (χ1) is 9.47. The molecule has 1 fully saturated rings. The average molecular weight is 346 g/mol. The summed E-state index contributed by atoms with van der Waals surface area (Å²) in [6, 6.07) is 4.47. The Labute approximate surface area is 126 Å². The number of carbonyl (C=O) groups is 1. The fraction of sp³-hybridized carbons (Fsp3) is 0.533. The highest BCUT2D eigenvalue weighted by Gasteiger charge is 2.28. The van der Waals surface area contributed by atoms with E-state index in [1.54, 1.807) is 12.1 Å². The van der Waals surface area contributed by atoms with Crippen LogP contribution < -0.4 is 5.32 Å². The first kappa shape index (κ1) is 15.4. The van der Waals surface area contributed by atoms with Crippen LogP contribution in [0.2, 0.25) is 0 Å². The van der Waals surface area contributed by atoms with Crippen LogP contribution in [0.25, 0.3) is 0 Å². The molecule has 2 rings (SSSR count). The van der Waals surface area contributed by atoms with Crippen molar-refractivity contribution in [2.75, 3.05) is 0 Å². The van der Waals surface area contributed by atoms with Crippen molar-refractivity contribution >= 4 is 21.8 Å². The highest BCUT2D eigenvalue weighted by molar-refractivity contribution is 9.10. The van der Waals surface area contributed by atoms with Crippen molar-refractivity contribution in [2.45, 2.75) is 44.8 Å². The van der Waals surface area contributed by atoms with Crippen LogP contribution in [-0.4, -0.2) is 18.1 Å². The van der Waals surface area contributed by atoms with Crippen molar-refractivity contribution in [2.24, 2.45) is 5.92 Å². The standard InChI is InChI=1S/C15H18BrF2NO/c1-9-5-6-10(7-14(9)18)19-15(20)8-11-12(16)3-2-4-13(11)17/h2-4,9-10,14H,5-8H2,1H3,(H,19,20)/t9-,10+,14-/m0/s1. The zero-order chi connectivity index (χ0) is 14.7. The normalized spacial score (nSPS) is 26.3. The molecule has 0 heterocycles. The number of hydrogen-bond acceptors (Lipinski definition) is 1. The second kappa shape index (κ2) is 6.66. The van der Waals surface area contributed by atoms with E-state index in [-0.39, 0.29) is 24.3 Å². The molecule has 0 radical (unpaired) electrons. The zero-order valence-corrected chi connectivity index (χ0v) is 12.9. The average Bonchev–Trinajstić information content (AvgIpc) is 2.38. The van der Waals surface area contributed by atoms with Gasteiger partial charge in [0.2, 0.25) is 5.91 Å². The second-order valence-electron chi connectivity index (χ2n) is 5.45. The molecule has 1 aromatic carbocycles. The van der Waals surface area contributed by atoms with E-state index in [9.17, 15) is 13.6 Å². The van der Waals surface area contributed by atoms with Crippen molar-refractivity contribution in [3.63, 3.8) is 0 Å². The second-order valence-corrected chi connectivity index (χ2v) is 6.30. The number of benzene rings is 1. The molecule has 1 amide bonds. The SMILES string of the molecule is C[C@H]1CC[C@@H](NC(=O)Cc2c(F)cccc2Br)C[C@@H]1F. The number of hydrogen-bond donors (Lipinski definition) is 1. The Bertz CT molecular complexity index is 475. The smallest absolute Gasteiger partial charge is 0.224 e. The van der Waals surface area contributed by atoms with Gasteiger partial charge in [0.1, 0.15) is 12.0 Å². The van der Waals surface area contributed by atoms with E-state index < -0.39 is 12.0 Å². The molecule has 1 N–H and O–H groups in total. The van der Waals surface area contributed by atoms with Gasteiger partial charge in [0.25, 0.3) is 0 Å². The van der Waals surface area contributed by atoms with Gasteiger partial charge in [-0.2, -0.15) is 0 Å². The number of rotatable bonds is 3. The maximum Gasteiger partial charge on any atom is 0.224 e. The summed E-state index contributed by atoms with van der Waals surface area (Å²) in [4.78, 5) is 12.0. The molecule has 0 unspecified atom stereocenters. The minimum Gasteiger partial charge on any atom is -0.353 e. The van der Waals surface area contributed by atoms with E-state index in [1.165, 1.54) is 6.07 Å². The fourth-order valence-corrected chi connectivity index (χ4v) is 3.02. The van der Waals surface area contributed by atoms with E-state index in [0.29, 0.717) is 16.5 Å². The van der Waals surface area contributed by atoms with Crippen molar-refractivity contribution in [1.82, 2.24) is 5.32 Å². The third-order valence-corrected chi connectivity index (χ3v) is 4.60. The van der Waals surface area contributed by atoms with E-state index in [1.807, 2.05) is 6.92 Å². The first-order valence-electron chi connectivity index (χ1n) is 6.83. The van der Waals surface area contributed by atoms with Gasteiger partial charge in [0.05, 0.1) is 6.42 Å². The van der Waals surface area contributed by atoms with Gasteiger partial charge in [-0.25, -0.2) is 8.78 Å². The summed E-state index contributed by atoms with van der Waals surface area (Å²) in [5.41, 5.74) is 0.339. The maximum atomic E-state index is 13.6. The Morgan fingerprint density at radius 3 is 2.85 bits per heavy atom. The van der Waals surface area contributed by atoms with Crippen LogP contribution in [0.5, 0.6) is 0 Å². The summed E-state index contributed by atoms with van der Waals surface area (Å²) < 4.78 is 27.8. The Kier molecular flexibility index (Phi) is 5.13. The maximum absolute atomic E-state index is 13.6. The third-order valence-electron chi connectivity index (χ3n) is 3.86. The van der Waals surface area contributed by atoms with Crippen LogP contribution in [-0.2, 0) is 11.2 Å². The topological polar surface area (TPSA) is 29.1 Å². The van der Waals surface area contributed by atoms with Gasteiger partial charge >= 0.3 is 0 Å². The summed E-state index contributed by atoms with van der Waals surface area (Å²) in [5.74, 6) is -0.610. The summed E-state index contributed by atoms with van der Waals surface area (Å²) in [6.45, 7) is 1.89. The monoisotopic (exact) mass is 345 g/mol. The van der Waals surface area contributed by atoms with Crippen LogP contribution in [0, 0.1) is 11.7 Å². The zero-order valence-electron chi connectivity index (χ0n) is 11.3. The highest BCUT2D eigenvalue weighted by Crippen LogP contribution is 2.27. The summed E-state index contributed by atoms with van der Waals surface area (Å²) in [6.07, 6.45) is 1.01. The number of nitrogens with one attached hydrogen (secondary N) is 1. The molecule has 0 saturated heterocycles. The van der Waals surface area contributed by atoms with Crippen molar-refractivity contribution < 1.29 is 13.6 Å². The van der Waals surface area contributed by atoms with Crippen molar-refractivity contribution in [1.29, 1.82) is 0 Å². The highest BCUT2D eigenvalue weighted by atomic mass is 79.9. The van der Waals surface area contributed by atoms with Crippen LogP contribution >= 0.6 is 15.9 Å². The molecule has 1 aliphatic carbocycles. The molecule has 0 spiro atoms. The molecule has 3 atom stereocenters. The summed E-state index contributed by atoms with van der Waals surface area (Å²) in [7, 11) is 0. The lowest BCUT2D eigenvalue weighted by Gasteiger charge is -2.30. The first-order valence-corrected chi connectivity index (χ1v) is 7.63. The van der Waals surface area contributed by atoms with Gasteiger partial charge < -0.3 is 5.32 Å². The fourth-order valence-electron chi connectivity index (χ4n) is 2.54. The molecule has 0 aromatic heterocycles. The van der Waals surface area contributed by atoms with Gasteiger partial charge in [-0.3, -0.25) is 4.79 Å². The Morgan fingerprint density at radius 1 is 1.45 bits per heavy atom. The lowest BCUT2D eigenvalue weighted by Crippen LogP contribution is -2.41. The van der Waals surface area contributed by atoms with Gasteiger partial charge in [-0.05, 0) is 37.3 Å². The quantitative estimate of drug-likeness (QED) is 0.887. The lowest BCUT2D eigenvalue weighted by molar-refractivity contribution is -0.121. The molecule has 5 heteroatoms. The molecule has 1 aliphatic rings. The number of halogens is 3. The molecule has 1 aromatic rings. The number of carbonyl (C=O) groups excluding carboxylic acids is 1. The predicted molar refractivity (Wildman–Crippen MR) is 77.6 cm³/mol. The molecule has 110 valence electrons. The van der Waals surface area contributed by atoms with E-state index in [4.69, 9.17) is 0 Å². The van der Waals surface area contributed by atoms with Crippen LogP contribution in [0.4, 0.5) is 8.78 Å². The van der Waals surface area contributed by atoms with Gasteiger partial charge in [-0.15, -0.1) is 0 Å². The van der Waals surface area contributed by atoms with Gasteiger partial charge in [0, 0.05) is 16.1 Å². The summed E-state index contributed by atoms with van der Waals surface area (Å²) in [5, 5.41) is 2.81. The van der Waals surface area contributed by atoms with Crippen LogP contribution in [0.1, 0.15) is 31.7 Å².